The number of rotatable bonds is 2. The second-order valence-corrected chi connectivity index (χ2v) is 8.34. The SMILES string of the molecule is O=C(c1cc(Br)c(Br)s1)c1cc2c(s1)CCC2. The number of hydrogen-bond acceptors (Lipinski definition) is 3. The lowest BCUT2D eigenvalue weighted by Gasteiger charge is -1.92. The Morgan fingerprint density at radius 3 is 2.53 bits per heavy atom. The van der Waals surface area contributed by atoms with E-state index in [1.165, 1.54) is 28.2 Å². The second-order valence-electron chi connectivity index (χ2n) is 3.97. The van der Waals surface area contributed by atoms with Crippen LogP contribution >= 0.6 is 54.5 Å². The Labute approximate surface area is 124 Å². The molecule has 0 N–H and O–H groups in total. The Morgan fingerprint density at radius 1 is 1.12 bits per heavy atom. The van der Waals surface area contributed by atoms with Gasteiger partial charge in [0.1, 0.15) is 0 Å². The van der Waals surface area contributed by atoms with Crippen LogP contribution in [0, 0.1) is 0 Å². The standard InChI is InChI=1S/C12H8Br2OS2/c13-7-5-10(17-12(7)14)11(15)9-4-6-2-1-3-8(6)16-9/h4-5H,1-3H2. The molecule has 2 aromatic rings. The molecule has 0 bridgehead atoms. The fourth-order valence-corrected chi connectivity index (χ4v) is 5.28. The van der Waals surface area contributed by atoms with Crippen LogP contribution in [0.25, 0.3) is 0 Å². The van der Waals surface area contributed by atoms with Gasteiger partial charge in [0.25, 0.3) is 0 Å². The summed E-state index contributed by atoms with van der Waals surface area (Å²) in [4.78, 5) is 15.4. The Morgan fingerprint density at radius 2 is 1.88 bits per heavy atom. The van der Waals surface area contributed by atoms with E-state index in [4.69, 9.17) is 0 Å². The van der Waals surface area contributed by atoms with Gasteiger partial charge >= 0.3 is 0 Å². The summed E-state index contributed by atoms with van der Waals surface area (Å²) in [5.74, 6) is 0.154. The first kappa shape index (κ1) is 12.1. The molecule has 2 heterocycles. The van der Waals surface area contributed by atoms with Crippen LogP contribution in [0.5, 0.6) is 0 Å². The maximum absolute atomic E-state index is 12.3. The minimum Gasteiger partial charge on any atom is -0.287 e. The third kappa shape index (κ3) is 2.18. The molecule has 0 radical (unpaired) electrons. The molecule has 0 fully saturated rings. The van der Waals surface area contributed by atoms with E-state index >= 15 is 0 Å². The molecule has 0 aliphatic heterocycles. The smallest absolute Gasteiger partial charge is 0.212 e. The topological polar surface area (TPSA) is 17.1 Å². The normalized spacial score (nSPS) is 14.0. The van der Waals surface area contributed by atoms with E-state index in [0.29, 0.717) is 0 Å². The van der Waals surface area contributed by atoms with Crippen LogP contribution in [-0.2, 0) is 12.8 Å². The third-order valence-electron chi connectivity index (χ3n) is 2.84. The third-order valence-corrected chi connectivity index (χ3v) is 7.33. The number of aryl methyl sites for hydroxylation is 2. The number of halogens is 2. The van der Waals surface area contributed by atoms with Crippen molar-refractivity contribution in [2.75, 3.05) is 0 Å². The monoisotopic (exact) mass is 390 g/mol. The summed E-state index contributed by atoms with van der Waals surface area (Å²) < 4.78 is 1.93. The average Bonchev–Trinajstić information content (AvgIpc) is 2.92. The molecule has 0 aromatic carbocycles. The van der Waals surface area contributed by atoms with Gasteiger partial charge in [-0.25, -0.2) is 0 Å². The van der Waals surface area contributed by atoms with Gasteiger partial charge < -0.3 is 0 Å². The van der Waals surface area contributed by atoms with Gasteiger partial charge in [0, 0.05) is 9.35 Å². The summed E-state index contributed by atoms with van der Waals surface area (Å²) >= 11 is 9.99. The minimum absolute atomic E-state index is 0.154. The molecule has 0 saturated heterocycles. The fourth-order valence-electron chi connectivity index (χ4n) is 2.02. The van der Waals surface area contributed by atoms with E-state index in [1.807, 2.05) is 6.07 Å². The minimum atomic E-state index is 0.154. The highest BCUT2D eigenvalue weighted by atomic mass is 79.9. The van der Waals surface area contributed by atoms with Gasteiger partial charge in [0.15, 0.2) is 0 Å². The number of hydrogen-bond donors (Lipinski definition) is 0. The lowest BCUT2D eigenvalue weighted by Crippen LogP contribution is -1.94. The first-order chi connectivity index (χ1) is 8.15. The number of carbonyl (C=O) groups is 1. The zero-order chi connectivity index (χ0) is 12.0. The van der Waals surface area contributed by atoms with Crippen molar-refractivity contribution in [2.45, 2.75) is 19.3 Å². The Hall–Kier alpha value is 0.0300. The van der Waals surface area contributed by atoms with Crippen LogP contribution in [0.3, 0.4) is 0 Å². The van der Waals surface area contributed by atoms with E-state index in [0.717, 1.165) is 30.9 Å². The Kier molecular flexibility index (Phi) is 3.28. The van der Waals surface area contributed by atoms with Gasteiger partial charge in [0.05, 0.1) is 13.5 Å². The second kappa shape index (κ2) is 4.61. The summed E-state index contributed by atoms with van der Waals surface area (Å²) in [5.41, 5.74) is 1.38. The van der Waals surface area contributed by atoms with Crippen molar-refractivity contribution in [3.63, 3.8) is 0 Å². The molecule has 0 amide bonds. The zero-order valence-electron chi connectivity index (χ0n) is 8.76. The molecule has 0 unspecified atom stereocenters. The summed E-state index contributed by atoms with van der Waals surface area (Å²) in [6, 6.07) is 3.97. The number of fused-ring (bicyclic) bond motifs is 1. The zero-order valence-corrected chi connectivity index (χ0v) is 13.6. The van der Waals surface area contributed by atoms with E-state index in [2.05, 4.69) is 37.9 Å². The van der Waals surface area contributed by atoms with Crippen molar-refractivity contribution in [1.82, 2.24) is 0 Å². The lowest BCUT2D eigenvalue weighted by atomic mass is 10.2. The van der Waals surface area contributed by atoms with Crippen LogP contribution in [0.4, 0.5) is 0 Å². The first-order valence-electron chi connectivity index (χ1n) is 5.26. The molecule has 1 aliphatic carbocycles. The summed E-state index contributed by atoms with van der Waals surface area (Å²) in [5, 5.41) is 0. The largest absolute Gasteiger partial charge is 0.287 e. The molecule has 0 spiro atoms. The molecule has 88 valence electrons. The van der Waals surface area contributed by atoms with Gasteiger partial charge in [-0.2, -0.15) is 0 Å². The maximum Gasteiger partial charge on any atom is 0.212 e. The first-order valence-corrected chi connectivity index (χ1v) is 8.48. The van der Waals surface area contributed by atoms with E-state index < -0.39 is 0 Å². The molecular weight excluding hydrogens is 384 g/mol. The summed E-state index contributed by atoms with van der Waals surface area (Å²) in [6.45, 7) is 0. The lowest BCUT2D eigenvalue weighted by molar-refractivity contribution is 0.104. The van der Waals surface area contributed by atoms with Crippen molar-refractivity contribution >= 4 is 60.3 Å². The highest BCUT2D eigenvalue weighted by Gasteiger charge is 2.21. The molecule has 2 aromatic heterocycles. The van der Waals surface area contributed by atoms with Crippen LogP contribution in [-0.4, -0.2) is 5.78 Å². The van der Waals surface area contributed by atoms with Gasteiger partial charge in [-0.3, -0.25) is 4.79 Å². The number of thiophene rings is 2. The van der Waals surface area contributed by atoms with Crippen molar-refractivity contribution in [2.24, 2.45) is 0 Å². The number of ketones is 1. The van der Waals surface area contributed by atoms with Gasteiger partial charge in [0.2, 0.25) is 5.78 Å². The molecule has 5 heteroatoms. The van der Waals surface area contributed by atoms with E-state index in [9.17, 15) is 4.79 Å². The molecule has 0 saturated carbocycles. The van der Waals surface area contributed by atoms with E-state index in [-0.39, 0.29) is 5.78 Å². The average molecular weight is 392 g/mol. The van der Waals surface area contributed by atoms with Crippen molar-refractivity contribution in [3.05, 3.63) is 40.6 Å². The molecular formula is C12H8Br2OS2. The maximum atomic E-state index is 12.3. The van der Waals surface area contributed by atoms with E-state index in [1.54, 1.807) is 11.3 Å². The highest BCUT2D eigenvalue weighted by Crippen LogP contribution is 2.36. The Balaban J connectivity index is 1.95. The highest BCUT2D eigenvalue weighted by molar-refractivity contribution is 9.13. The van der Waals surface area contributed by atoms with Crippen LogP contribution in [0.15, 0.2) is 20.4 Å². The van der Waals surface area contributed by atoms with Crippen LogP contribution in [0.2, 0.25) is 0 Å². The predicted octanol–water partition coefficient (Wildman–Crippen LogP) is 5.05. The van der Waals surface area contributed by atoms with Crippen molar-refractivity contribution in [1.29, 1.82) is 0 Å². The number of carbonyl (C=O) groups excluding carboxylic acids is 1. The summed E-state index contributed by atoms with van der Waals surface area (Å²) in [6.07, 6.45) is 3.52. The van der Waals surface area contributed by atoms with Crippen molar-refractivity contribution in [3.8, 4) is 0 Å². The predicted molar refractivity (Wildman–Crippen MR) is 79.5 cm³/mol. The quantitative estimate of drug-likeness (QED) is 0.654. The summed E-state index contributed by atoms with van der Waals surface area (Å²) in [7, 11) is 0. The van der Waals surface area contributed by atoms with Gasteiger partial charge in [-0.15, -0.1) is 22.7 Å². The molecule has 17 heavy (non-hydrogen) atoms. The van der Waals surface area contributed by atoms with Crippen LogP contribution in [0.1, 0.15) is 31.4 Å². The molecule has 1 nitrogen and oxygen atoms in total. The Bertz CT molecular complexity index is 557. The van der Waals surface area contributed by atoms with Gasteiger partial charge in [-0.05, 0) is 68.8 Å². The molecule has 3 rings (SSSR count). The molecule has 0 atom stereocenters. The molecule has 1 aliphatic rings. The van der Waals surface area contributed by atoms with Crippen LogP contribution < -0.4 is 0 Å². The van der Waals surface area contributed by atoms with Gasteiger partial charge in [-0.1, -0.05) is 0 Å². The fraction of sp³-hybridized carbons (Fsp3) is 0.250. The van der Waals surface area contributed by atoms with Crippen molar-refractivity contribution < 1.29 is 4.79 Å².